The molecule has 1 unspecified atom stereocenters. The van der Waals surface area contributed by atoms with Crippen LogP contribution in [0.3, 0.4) is 0 Å². The van der Waals surface area contributed by atoms with E-state index in [2.05, 4.69) is 51.0 Å². The molecule has 0 spiro atoms. The minimum Gasteiger partial charge on any atom is -0.317 e. The summed E-state index contributed by atoms with van der Waals surface area (Å²) < 4.78 is 2.22. The summed E-state index contributed by atoms with van der Waals surface area (Å²) in [6.45, 7) is 5.60. The Morgan fingerprint density at radius 2 is 1.95 bits per heavy atom. The summed E-state index contributed by atoms with van der Waals surface area (Å²) in [5.74, 6) is 2.78. The molecule has 0 aliphatic carbocycles. The molecule has 1 aromatic rings. The van der Waals surface area contributed by atoms with Gasteiger partial charge < -0.3 is 14.8 Å². The summed E-state index contributed by atoms with van der Waals surface area (Å²) in [5, 5.41) is 12.4. The molecule has 3 heterocycles. The van der Waals surface area contributed by atoms with Crippen molar-refractivity contribution in [1.82, 2.24) is 29.9 Å². The van der Waals surface area contributed by atoms with Crippen LogP contribution in [-0.4, -0.2) is 70.9 Å². The highest BCUT2D eigenvalue weighted by Crippen LogP contribution is 2.28. The van der Waals surface area contributed by atoms with Gasteiger partial charge in [-0.25, -0.2) is 0 Å². The van der Waals surface area contributed by atoms with Gasteiger partial charge in [-0.2, -0.15) is 0 Å². The molecule has 22 heavy (non-hydrogen) atoms. The summed E-state index contributed by atoms with van der Waals surface area (Å²) >= 11 is 0. The third kappa shape index (κ3) is 3.50. The highest BCUT2D eigenvalue weighted by atomic mass is 15.3. The van der Waals surface area contributed by atoms with Gasteiger partial charge in [-0.1, -0.05) is 0 Å². The zero-order chi connectivity index (χ0) is 15.5. The zero-order valence-corrected chi connectivity index (χ0v) is 14.3. The van der Waals surface area contributed by atoms with Crippen LogP contribution < -0.4 is 5.32 Å². The van der Waals surface area contributed by atoms with E-state index < -0.39 is 0 Å². The van der Waals surface area contributed by atoms with E-state index in [1.54, 1.807) is 0 Å². The van der Waals surface area contributed by atoms with Crippen LogP contribution in [0.5, 0.6) is 0 Å². The van der Waals surface area contributed by atoms with Crippen LogP contribution in [0.4, 0.5) is 0 Å². The lowest BCUT2D eigenvalue weighted by Gasteiger charge is -2.39. The molecule has 1 N–H and O–H groups in total. The molecule has 6 nitrogen and oxygen atoms in total. The fourth-order valence-corrected chi connectivity index (χ4v) is 3.87. The van der Waals surface area contributed by atoms with Gasteiger partial charge in [-0.3, -0.25) is 4.90 Å². The van der Waals surface area contributed by atoms with E-state index in [1.807, 2.05) is 0 Å². The van der Waals surface area contributed by atoms with E-state index in [4.69, 9.17) is 0 Å². The first-order valence-electron chi connectivity index (χ1n) is 8.63. The Kier molecular flexibility index (Phi) is 5.10. The van der Waals surface area contributed by atoms with Crippen LogP contribution >= 0.6 is 0 Å². The van der Waals surface area contributed by atoms with Crippen molar-refractivity contribution >= 4 is 0 Å². The molecular formula is C16H30N6. The zero-order valence-electron chi connectivity index (χ0n) is 14.3. The van der Waals surface area contributed by atoms with E-state index in [9.17, 15) is 0 Å². The Morgan fingerprint density at radius 3 is 2.68 bits per heavy atom. The molecule has 3 rings (SSSR count). The first-order valence-corrected chi connectivity index (χ1v) is 8.63. The number of likely N-dealkylation sites (tertiary alicyclic amines) is 1. The quantitative estimate of drug-likeness (QED) is 0.892. The fourth-order valence-electron chi connectivity index (χ4n) is 3.87. The molecule has 0 aromatic carbocycles. The van der Waals surface area contributed by atoms with Crippen molar-refractivity contribution in [3.05, 3.63) is 11.6 Å². The smallest absolute Gasteiger partial charge is 0.146 e. The van der Waals surface area contributed by atoms with E-state index in [1.165, 1.54) is 51.1 Å². The number of aromatic nitrogens is 3. The molecule has 0 saturated carbocycles. The van der Waals surface area contributed by atoms with Crippen LogP contribution in [0, 0.1) is 0 Å². The van der Waals surface area contributed by atoms with Gasteiger partial charge in [0.1, 0.15) is 11.6 Å². The summed E-state index contributed by atoms with van der Waals surface area (Å²) in [6, 6.07) is 0.763. The Balaban J connectivity index is 1.67. The summed E-state index contributed by atoms with van der Waals surface area (Å²) in [5.41, 5.74) is 0. The topological polar surface area (TPSA) is 49.2 Å². The molecule has 0 radical (unpaired) electrons. The van der Waals surface area contributed by atoms with Crippen molar-refractivity contribution in [3.63, 3.8) is 0 Å². The minimum absolute atomic E-state index is 0.539. The Labute approximate surface area is 133 Å². The lowest BCUT2D eigenvalue weighted by molar-refractivity contribution is 0.120. The molecule has 2 aliphatic heterocycles. The predicted molar refractivity (Wildman–Crippen MR) is 87.8 cm³/mol. The van der Waals surface area contributed by atoms with Gasteiger partial charge in [0.25, 0.3) is 0 Å². The van der Waals surface area contributed by atoms with Crippen LogP contribution in [0.2, 0.25) is 0 Å². The van der Waals surface area contributed by atoms with Crippen LogP contribution in [0.1, 0.15) is 43.3 Å². The van der Waals surface area contributed by atoms with Gasteiger partial charge in [0.2, 0.25) is 0 Å². The third-order valence-electron chi connectivity index (χ3n) is 5.10. The van der Waals surface area contributed by atoms with Crippen molar-refractivity contribution in [1.29, 1.82) is 0 Å². The molecule has 0 amide bonds. The van der Waals surface area contributed by atoms with E-state index in [0.29, 0.717) is 5.92 Å². The fraction of sp³-hybridized carbons (Fsp3) is 0.875. The SMILES string of the molecule is CN(C)Cc1nnc(C2CCCN(C3CCNCC3)C2)n1C. The van der Waals surface area contributed by atoms with E-state index >= 15 is 0 Å². The summed E-state index contributed by atoms with van der Waals surface area (Å²) in [7, 11) is 6.28. The summed E-state index contributed by atoms with van der Waals surface area (Å²) in [6.07, 6.45) is 5.11. The molecule has 0 bridgehead atoms. The molecule has 1 atom stereocenters. The average Bonchev–Trinajstić information content (AvgIpc) is 2.89. The van der Waals surface area contributed by atoms with Gasteiger partial charge in [-0.05, 0) is 59.4 Å². The number of hydrogen-bond donors (Lipinski definition) is 1. The molecule has 6 heteroatoms. The lowest BCUT2D eigenvalue weighted by Crippen LogP contribution is -2.47. The normalized spacial score (nSPS) is 25.0. The minimum atomic E-state index is 0.539. The second kappa shape index (κ2) is 7.06. The highest BCUT2D eigenvalue weighted by molar-refractivity contribution is 5.04. The first-order chi connectivity index (χ1) is 10.6. The monoisotopic (exact) mass is 306 g/mol. The van der Waals surface area contributed by atoms with Crippen molar-refractivity contribution < 1.29 is 0 Å². The van der Waals surface area contributed by atoms with Crippen molar-refractivity contribution in [3.8, 4) is 0 Å². The average molecular weight is 306 g/mol. The number of rotatable bonds is 4. The maximum absolute atomic E-state index is 4.52. The third-order valence-corrected chi connectivity index (χ3v) is 5.10. The molecule has 1 aromatic heterocycles. The van der Waals surface area contributed by atoms with Gasteiger partial charge >= 0.3 is 0 Å². The van der Waals surface area contributed by atoms with Gasteiger partial charge in [-0.15, -0.1) is 10.2 Å². The second-order valence-electron chi connectivity index (χ2n) is 7.09. The van der Waals surface area contributed by atoms with E-state index in [-0.39, 0.29) is 0 Å². The van der Waals surface area contributed by atoms with Gasteiger partial charge in [0, 0.05) is 25.6 Å². The Bertz CT molecular complexity index is 477. The second-order valence-corrected chi connectivity index (χ2v) is 7.09. The Hall–Kier alpha value is -0.980. The van der Waals surface area contributed by atoms with Crippen molar-refractivity contribution in [2.45, 2.75) is 44.2 Å². The van der Waals surface area contributed by atoms with Crippen molar-refractivity contribution in [2.24, 2.45) is 7.05 Å². The van der Waals surface area contributed by atoms with Crippen LogP contribution in [0.25, 0.3) is 0 Å². The molecule has 2 fully saturated rings. The summed E-state index contributed by atoms with van der Waals surface area (Å²) in [4.78, 5) is 4.85. The predicted octanol–water partition coefficient (Wildman–Crippen LogP) is 0.808. The lowest BCUT2D eigenvalue weighted by atomic mass is 9.93. The van der Waals surface area contributed by atoms with Crippen molar-refractivity contribution in [2.75, 3.05) is 40.3 Å². The maximum Gasteiger partial charge on any atom is 0.146 e. The van der Waals surface area contributed by atoms with Gasteiger partial charge in [0.05, 0.1) is 6.54 Å². The molecule has 2 saturated heterocycles. The number of hydrogen-bond acceptors (Lipinski definition) is 5. The van der Waals surface area contributed by atoms with Crippen LogP contribution in [-0.2, 0) is 13.6 Å². The molecule has 2 aliphatic rings. The largest absolute Gasteiger partial charge is 0.317 e. The number of piperidine rings is 2. The standard InChI is InChI=1S/C16H30N6/c1-20(2)12-15-18-19-16(21(15)3)13-5-4-10-22(11-13)14-6-8-17-9-7-14/h13-14,17H,4-12H2,1-3H3. The Morgan fingerprint density at radius 1 is 1.18 bits per heavy atom. The van der Waals surface area contributed by atoms with Gasteiger partial charge in [0.15, 0.2) is 0 Å². The van der Waals surface area contributed by atoms with E-state index in [0.717, 1.165) is 25.0 Å². The molecular weight excluding hydrogens is 276 g/mol. The first kappa shape index (κ1) is 15.9. The molecule has 124 valence electrons. The highest BCUT2D eigenvalue weighted by Gasteiger charge is 2.30. The van der Waals surface area contributed by atoms with Crippen LogP contribution in [0.15, 0.2) is 0 Å². The maximum atomic E-state index is 4.52. The number of nitrogens with one attached hydrogen (secondary N) is 1. The number of nitrogens with zero attached hydrogens (tertiary/aromatic N) is 5.